The maximum absolute atomic E-state index is 12.0. The molecule has 2 saturated carbocycles. The first-order valence-corrected chi connectivity index (χ1v) is 7.82. The summed E-state index contributed by atoms with van der Waals surface area (Å²) in [5, 5.41) is -1.33. The SMILES string of the molecule is O=C1C=C(Cl)C2C1C1(Cl)C(Cl)C(Cl)C2(Cl)C1(Cl)Cl. The number of rotatable bonds is 0. The second-order valence-corrected chi connectivity index (χ2v) is 8.76. The van der Waals surface area contributed by atoms with Crippen molar-refractivity contribution in [2.75, 3.05) is 0 Å². The van der Waals surface area contributed by atoms with Crippen molar-refractivity contribution >= 4 is 87.0 Å². The highest BCUT2D eigenvalue weighted by atomic mass is 35.5. The van der Waals surface area contributed by atoms with E-state index in [0.29, 0.717) is 0 Å². The molecule has 0 saturated heterocycles. The summed E-state index contributed by atoms with van der Waals surface area (Å²) in [6.07, 6.45) is 1.30. The molecule has 18 heavy (non-hydrogen) atoms. The number of carbonyl (C=O) groups is 1. The molecule has 0 amide bonds. The largest absolute Gasteiger partial charge is 0.294 e. The van der Waals surface area contributed by atoms with Gasteiger partial charge in [0.05, 0.1) is 16.7 Å². The van der Waals surface area contributed by atoms with Gasteiger partial charge in [-0.3, -0.25) is 4.79 Å². The van der Waals surface area contributed by atoms with Crippen LogP contribution in [0.2, 0.25) is 0 Å². The Hall–Kier alpha value is 1.44. The van der Waals surface area contributed by atoms with E-state index in [1.807, 2.05) is 0 Å². The third kappa shape index (κ3) is 1.17. The Kier molecular flexibility index (Phi) is 3.03. The third-order valence-electron chi connectivity index (χ3n) is 4.14. The molecule has 0 radical (unpaired) electrons. The van der Waals surface area contributed by atoms with E-state index in [4.69, 9.17) is 81.2 Å². The quantitative estimate of drug-likeness (QED) is 0.565. The Labute approximate surface area is 139 Å². The number of ketones is 1. The highest BCUT2D eigenvalue weighted by Crippen LogP contribution is 2.77. The van der Waals surface area contributed by atoms with E-state index in [2.05, 4.69) is 0 Å². The minimum atomic E-state index is -1.64. The number of fused-ring (bicyclic) bond motifs is 5. The molecule has 100 valence electrons. The average molecular weight is 389 g/mol. The van der Waals surface area contributed by atoms with Crippen molar-refractivity contribution in [2.45, 2.75) is 24.8 Å². The topological polar surface area (TPSA) is 17.1 Å². The molecule has 0 aromatic rings. The smallest absolute Gasteiger partial charge is 0.162 e. The van der Waals surface area contributed by atoms with Crippen LogP contribution in [0, 0.1) is 11.8 Å². The summed E-state index contributed by atoms with van der Waals surface area (Å²) in [6, 6.07) is 0. The summed E-state index contributed by atoms with van der Waals surface area (Å²) in [5.41, 5.74) is 0. The molecular weight excluding hydrogens is 384 g/mol. The monoisotopic (exact) mass is 386 g/mol. The zero-order chi connectivity index (χ0) is 13.7. The van der Waals surface area contributed by atoms with Crippen molar-refractivity contribution in [1.82, 2.24) is 0 Å². The summed E-state index contributed by atoms with van der Waals surface area (Å²) < 4.78 is -1.64. The van der Waals surface area contributed by atoms with E-state index in [1.165, 1.54) is 6.08 Å². The van der Waals surface area contributed by atoms with Crippen molar-refractivity contribution in [1.29, 1.82) is 0 Å². The van der Waals surface area contributed by atoms with Crippen LogP contribution in [0.15, 0.2) is 11.1 Å². The second kappa shape index (κ2) is 3.80. The van der Waals surface area contributed by atoms with Gasteiger partial charge in [0.2, 0.25) is 0 Å². The molecule has 8 heteroatoms. The lowest BCUT2D eigenvalue weighted by Gasteiger charge is -2.38. The summed E-state index contributed by atoms with van der Waals surface area (Å²) in [7, 11) is 0. The molecule has 0 spiro atoms. The van der Waals surface area contributed by atoms with Crippen LogP contribution in [-0.4, -0.2) is 30.6 Å². The average Bonchev–Trinajstić information content (AvgIpc) is 2.68. The predicted molar refractivity (Wildman–Crippen MR) is 76.8 cm³/mol. The van der Waals surface area contributed by atoms with Gasteiger partial charge in [0.25, 0.3) is 0 Å². The van der Waals surface area contributed by atoms with Gasteiger partial charge in [-0.05, 0) is 6.08 Å². The lowest BCUT2D eigenvalue weighted by Crippen LogP contribution is -2.50. The lowest BCUT2D eigenvalue weighted by atomic mass is 9.79. The van der Waals surface area contributed by atoms with Crippen molar-refractivity contribution in [3.05, 3.63) is 11.1 Å². The van der Waals surface area contributed by atoms with E-state index < -0.39 is 36.7 Å². The fraction of sp³-hybridized carbons (Fsp3) is 0.700. The van der Waals surface area contributed by atoms with Gasteiger partial charge in [-0.25, -0.2) is 0 Å². The summed E-state index contributed by atoms with van der Waals surface area (Å²) in [6.45, 7) is 0. The van der Waals surface area contributed by atoms with Crippen LogP contribution in [0.3, 0.4) is 0 Å². The first kappa shape index (κ1) is 14.4. The van der Waals surface area contributed by atoms with Crippen molar-refractivity contribution < 1.29 is 4.79 Å². The minimum absolute atomic E-state index is 0.262. The van der Waals surface area contributed by atoms with Crippen molar-refractivity contribution in [3.8, 4) is 0 Å². The maximum atomic E-state index is 12.0. The Morgan fingerprint density at radius 3 is 1.89 bits per heavy atom. The Balaban J connectivity index is 2.30. The van der Waals surface area contributed by atoms with Crippen LogP contribution in [-0.2, 0) is 4.79 Å². The molecule has 0 heterocycles. The van der Waals surface area contributed by atoms with Crippen LogP contribution in [0.5, 0.6) is 0 Å². The summed E-state index contributed by atoms with van der Waals surface area (Å²) >= 11 is 44.2. The molecule has 0 N–H and O–H groups in total. The van der Waals surface area contributed by atoms with E-state index in [0.717, 1.165) is 0 Å². The number of hydrogen-bond donors (Lipinski definition) is 0. The van der Waals surface area contributed by atoms with Gasteiger partial charge >= 0.3 is 0 Å². The molecule has 2 fully saturated rings. The van der Waals surface area contributed by atoms with Crippen LogP contribution in [0.1, 0.15) is 0 Å². The van der Waals surface area contributed by atoms with Gasteiger partial charge in [0, 0.05) is 11.0 Å². The van der Waals surface area contributed by atoms with Gasteiger partial charge < -0.3 is 0 Å². The first-order valence-electron chi connectivity index (χ1n) is 5.06. The van der Waals surface area contributed by atoms with Gasteiger partial charge in [-0.1, -0.05) is 34.8 Å². The van der Waals surface area contributed by atoms with E-state index in [-0.39, 0.29) is 10.8 Å². The molecule has 6 unspecified atom stereocenters. The molecule has 0 aliphatic heterocycles. The van der Waals surface area contributed by atoms with Crippen molar-refractivity contribution in [2.24, 2.45) is 11.8 Å². The van der Waals surface area contributed by atoms with Crippen LogP contribution in [0.25, 0.3) is 0 Å². The Morgan fingerprint density at radius 1 is 0.944 bits per heavy atom. The molecule has 1 nitrogen and oxygen atoms in total. The molecule has 0 aromatic carbocycles. The van der Waals surface area contributed by atoms with Gasteiger partial charge in [-0.15, -0.1) is 46.4 Å². The van der Waals surface area contributed by atoms with E-state index >= 15 is 0 Å². The predicted octanol–water partition coefficient (Wildman–Crippen LogP) is 4.30. The molecule has 0 aromatic heterocycles. The highest BCUT2D eigenvalue weighted by Gasteiger charge is 2.88. The minimum Gasteiger partial charge on any atom is -0.294 e. The summed E-state index contributed by atoms with van der Waals surface area (Å²) in [4.78, 5) is 9.23. The highest BCUT2D eigenvalue weighted by molar-refractivity contribution is 6.63. The number of allylic oxidation sites excluding steroid dienone is 2. The van der Waals surface area contributed by atoms with Gasteiger partial charge in [0.15, 0.2) is 10.1 Å². The lowest BCUT2D eigenvalue weighted by molar-refractivity contribution is -0.119. The third-order valence-corrected chi connectivity index (χ3v) is 9.18. The molecule has 6 atom stereocenters. The van der Waals surface area contributed by atoms with Crippen LogP contribution in [0.4, 0.5) is 0 Å². The van der Waals surface area contributed by atoms with Crippen LogP contribution >= 0.6 is 81.2 Å². The van der Waals surface area contributed by atoms with Gasteiger partial charge in [0.1, 0.15) is 9.75 Å². The first-order chi connectivity index (χ1) is 8.11. The van der Waals surface area contributed by atoms with E-state index in [9.17, 15) is 4.79 Å². The summed E-state index contributed by atoms with van der Waals surface area (Å²) in [5.74, 6) is -1.60. The van der Waals surface area contributed by atoms with Crippen LogP contribution < -0.4 is 0 Å². The Morgan fingerprint density at radius 2 is 1.39 bits per heavy atom. The zero-order valence-corrected chi connectivity index (χ0v) is 13.7. The fourth-order valence-electron chi connectivity index (χ4n) is 3.33. The standard InChI is InChI=1S/C10H5Cl7O/c11-2-1-3(18)5-4(2)8(14)6(12)7(13)9(5,15)10(8,16)17/h1,4-7H. The molecule has 2 bridgehead atoms. The zero-order valence-electron chi connectivity index (χ0n) is 8.44. The number of hydrogen-bond acceptors (Lipinski definition) is 1. The number of alkyl halides is 6. The molecule has 3 aliphatic rings. The molecular formula is C10H5Cl7O. The Bertz CT molecular complexity index is 489. The second-order valence-electron chi connectivity index (χ2n) is 4.80. The van der Waals surface area contributed by atoms with Gasteiger partial charge in [-0.2, -0.15) is 0 Å². The van der Waals surface area contributed by atoms with Crippen molar-refractivity contribution in [3.63, 3.8) is 0 Å². The normalized spacial score (nSPS) is 56.8. The molecule has 3 aliphatic carbocycles. The number of carbonyl (C=O) groups excluding carboxylic acids is 1. The maximum Gasteiger partial charge on any atom is 0.162 e. The number of halogens is 7. The molecule has 3 rings (SSSR count). The fourth-order valence-corrected chi connectivity index (χ4v) is 7.17. The van der Waals surface area contributed by atoms with E-state index in [1.54, 1.807) is 0 Å².